The van der Waals surface area contributed by atoms with Crippen LogP contribution in [0.1, 0.15) is 44.0 Å². The summed E-state index contributed by atoms with van der Waals surface area (Å²) in [6.45, 7) is 0.771. The van der Waals surface area contributed by atoms with Crippen LogP contribution >= 0.6 is 0 Å². The SMILES string of the molecule is N#CCCN(CC(=O)Nc1cccc2c1C(=O)c1ccccc1C2=O)Cc1ccco1. The van der Waals surface area contributed by atoms with Gasteiger partial charge in [-0.3, -0.25) is 19.3 Å². The fourth-order valence-corrected chi connectivity index (χ4v) is 3.69. The molecule has 7 nitrogen and oxygen atoms in total. The highest BCUT2D eigenvalue weighted by Crippen LogP contribution is 2.31. The van der Waals surface area contributed by atoms with Crippen LogP contribution in [0.5, 0.6) is 0 Å². The molecule has 1 aromatic heterocycles. The van der Waals surface area contributed by atoms with Crippen LogP contribution in [0.3, 0.4) is 0 Å². The summed E-state index contributed by atoms with van der Waals surface area (Å²) in [6, 6.07) is 17.2. The summed E-state index contributed by atoms with van der Waals surface area (Å²) in [5.74, 6) is -0.204. The molecule has 1 amide bonds. The first-order valence-corrected chi connectivity index (χ1v) is 9.81. The fraction of sp³-hybridized carbons (Fsp3) is 0.167. The Morgan fingerprint density at radius 2 is 1.71 bits per heavy atom. The van der Waals surface area contributed by atoms with E-state index in [-0.39, 0.29) is 41.6 Å². The molecule has 1 N–H and O–H groups in total. The minimum absolute atomic E-state index is 0.00473. The van der Waals surface area contributed by atoms with Gasteiger partial charge in [-0.05, 0) is 18.2 Å². The van der Waals surface area contributed by atoms with Crippen LogP contribution in [0.25, 0.3) is 0 Å². The van der Waals surface area contributed by atoms with E-state index in [1.807, 2.05) is 0 Å². The van der Waals surface area contributed by atoms with E-state index in [4.69, 9.17) is 9.68 Å². The number of benzene rings is 2. The van der Waals surface area contributed by atoms with Crippen molar-refractivity contribution in [1.29, 1.82) is 5.26 Å². The van der Waals surface area contributed by atoms with Crippen molar-refractivity contribution < 1.29 is 18.8 Å². The number of furan rings is 1. The Morgan fingerprint density at radius 3 is 2.42 bits per heavy atom. The number of hydrogen-bond donors (Lipinski definition) is 1. The number of nitrogens with zero attached hydrogens (tertiary/aromatic N) is 2. The highest BCUT2D eigenvalue weighted by molar-refractivity contribution is 6.30. The average molecular weight is 413 g/mol. The molecule has 154 valence electrons. The minimum atomic E-state index is -0.350. The number of carbonyl (C=O) groups is 3. The molecule has 0 spiro atoms. The number of carbonyl (C=O) groups excluding carboxylic acids is 3. The lowest BCUT2D eigenvalue weighted by atomic mass is 9.83. The van der Waals surface area contributed by atoms with E-state index in [1.54, 1.807) is 65.8 Å². The predicted molar refractivity (Wildman–Crippen MR) is 113 cm³/mol. The monoisotopic (exact) mass is 413 g/mol. The smallest absolute Gasteiger partial charge is 0.238 e. The van der Waals surface area contributed by atoms with Crippen molar-refractivity contribution in [2.45, 2.75) is 13.0 Å². The van der Waals surface area contributed by atoms with Gasteiger partial charge in [0.05, 0.1) is 36.7 Å². The van der Waals surface area contributed by atoms with Gasteiger partial charge >= 0.3 is 0 Å². The molecule has 2 aromatic carbocycles. The van der Waals surface area contributed by atoms with Gasteiger partial charge < -0.3 is 9.73 Å². The van der Waals surface area contributed by atoms with E-state index < -0.39 is 0 Å². The molecular formula is C24H19N3O4. The Bertz CT molecular complexity index is 1190. The molecule has 0 bridgehead atoms. The number of rotatable bonds is 7. The van der Waals surface area contributed by atoms with Crippen LogP contribution in [0.15, 0.2) is 65.3 Å². The second kappa shape index (κ2) is 8.78. The second-order valence-corrected chi connectivity index (χ2v) is 7.18. The predicted octanol–water partition coefficient (Wildman–Crippen LogP) is 3.41. The number of nitrogens with one attached hydrogen (secondary N) is 1. The zero-order valence-corrected chi connectivity index (χ0v) is 16.6. The van der Waals surface area contributed by atoms with Crippen molar-refractivity contribution in [3.05, 3.63) is 88.9 Å². The molecule has 0 saturated heterocycles. The Labute approximate surface area is 178 Å². The summed E-state index contributed by atoms with van der Waals surface area (Å²) < 4.78 is 5.34. The molecule has 0 unspecified atom stereocenters. The van der Waals surface area contributed by atoms with Gasteiger partial charge in [0, 0.05) is 29.7 Å². The lowest BCUT2D eigenvalue weighted by molar-refractivity contribution is -0.117. The summed E-state index contributed by atoms with van der Waals surface area (Å²) in [6.07, 6.45) is 1.81. The number of anilines is 1. The third-order valence-corrected chi connectivity index (χ3v) is 5.09. The number of fused-ring (bicyclic) bond motifs is 2. The molecule has 0 atom stereocenters. The molecule has 31 heavy (non-hydrogen) atoms. The van der Waals surface area contributed by atoms with Crippen LogP contribution in [0, 0.1) is 11.3 Å². The van der Waals surface area contributed by atoms with E-state index in [1.165, 1.54) is 0 Å². The Balaban J connectivity index is 1.56. The molecule has 0 radical (unpaired) electrons. The molecule has 1 heterocycles. The van der Waals surface area contributed by atoms with Crippen molar-refractivity contribution in [2.75, 3.05) is 18.4 Å². The quantitative estimate of drug-likeness (QED) is 0.498. The first-order chi connectivity index (χ1) is 15.1. The molecule has 0 saturated carbocycles. The van der Waals surface area contributed by atoms with Crippen LogP contribution in [0.2, 0.25) is 0 Å². The molecular weight excluding hydrogens is 394 g/mol. The van der Waals surface area contributed by atoms with E-state index >= 15 is 0 Å². The average Bonchev–Trinajstić information content (AvgIpc) is 3.29. The minimum Gasteiger partial charge on any atom is -0.468 e. The number of hydrogen-bond acceptors (Lipinski definition) is 6. The topological polar surface area (TPSA) is 103 Å². The summed E-state index contributed by atoms with van der Waals surface area (Å²) in [5.41, 5.74) is 1.47. The first kappa shape index (κ1) is 20.3. The molecule has 7 heteroatoms. The van der Waals surface area contributed by atoms with Crippen LogP contribution in [-0.2, 0) is 11.3 Å². The van der Waals surface area contributed by atoms with Crippen molar-refractivity contribution in [3.63, 3.8) is 0 Å². The Kier molecular flexibility index (Phi) is 5.74. The fourth-order valence-electron chi connectivity index (χ4n) is 3.69. The summed E-state index contributed by atoms with van der Waals surface area (Å²) >= 11 is 0. The van der Waals surface area contributed by atoms with Crippen LogP contribution in [-0.4, -0.2) is 35.5 Å². The maximum atomic E-state index is 13.1. The van der Waals surface area contributed by atoms with Crippen molar-refractivity contribution in [2.24, 2.45) is 0 Å². The molecule has 1 aliphatic rings. The Morgan fingerprint density at radius 1 is 0.968 bits per heavy atom. The van der Waals surface area contributed by atoms with Gasteiger partial charge in [-0.2, -0.15) is 5.26 Å². The first-order valence-electron chi connectivity index (χ1n) is 9.81. The van der Waals surface area contributed by atoms with Gasteiger partial charge in [0.2, 0.25) is 5.91 Å². The third-order valence-electron chi connectivity index (χ3n) is 5.09. The molecule has 0 aliphatic heterocycles. The largest absolute Gasteiger partial charge is 0.468 e. The van der Waals surface area contributed by atoms with E-state index in [0.717, 1.165) is 0 Å². The van der Waals surface area contributed by atoms with Gasteiger partial charge in [-0.25, -0.2) is 0 Å². The standard InChI is InChI=1S/C24H19N3O4/c25-11-5-12-27(14-16-6-4-13-31-16)15-21(28)26-20-10-3-9-19-22(20)24(30)18-8-2-1-7-17(18)23(19)29/h1-4,6-10,13H,5,12,14-15H2,(H,26,28). The van der Waals surface area contributed by atoms with Gasteiger partial charge in [0.1, 0.15) is 5.76 Å². The molecule has 4 rings (SSSR count). The maximum absolute atomic E-state index is 13.1. The summed E-state index contributed by atoms with van der Waals surface area (Å²) in [5, 5.41) is 11.7. The third kappa shape index (κ3) is 4.15. The normalized spacial score (nSPS) is 12.3. The summed E-state index contributed by atoms with van der Waals surface area (Å²) in [4.78, 5) is 40.5. The zero-order valence-electron chi connectivity index (χ0n) is 16.6. The van der Waals surface area contributed by atoms with Crippen LogP contribution in [0.4, 0.5) is 5.69 Å². The van der Waals surface area contributed by atoms with Crippen LogP contribution < -0.4 is 5.32 Å². The van der Waals surface area contributed by atoms with Gasteiger partial charge in [0.15, 0.2) is 11.6 Å². The highest BCUT2D eigenvalue weighted by atomic mass is 16.3. The van der Waals surface area contributed by atoms with E-state index in [0.29, 0.717) is 35.7 Å². The Hall–Kier alpha value is -4.02. The number of ketones is 2. The van der Waals surface area contributed by atoms with Gasteiger partial charge in [-0.1, -0.05) is 36.4 Å². The van der Waals surface area contributed by atoms with Crippen molar-refractivity contribution in [1.82, 2.24) is 4.90 Å². The molecule has 0 fully saturated rings. The second-order valence-electron chi connectivity index (χ2n) is 7.18. The molecule has 1 aliphatic carbocycles. The number of nitriles is 1. The lowest BCUT2D eigenvalue weighted by Gasteiger charge is -2.22. The lowest BCUT2D eigenvalue weighted by Crippen LogP contribution is -2.34. The highest BCUT2D eigenvalue weighted by Gasteiger charge is 2.31. The maximum Gasteiger partial charge on any atom is 0.238 e. The van der Waals surface area contributed by atoms with E-state index in [9.17, 15) is 14.4 Å². The van der Waals surface area contributed by atoms with Gasteiger partial charge in [-0.15, -0.1) is 0 Å². The number of amides is 1. The van der Waals surface area contributed by atoms with E-state index in [2.05, 4.69) is 11.4 Å². The summed E-state index contributed by atoms with van der Waals surface area (Å²) in [7, 11) is 0. The zero-order chi connectivity index (χ0) is 21.8. The van der Waals surface area contributed by atoms with Crippen molar-refractivity contribution in [3.8, 4) is 6.07 Å². The van der Waals surface area contributed by atoms with Gasteiger partial charge in [0.25, 0.3) is 0 Å². The van der Waals surface area contributed by atoms with Crippen molar-refractivity contribution >= 4 is 23.2 Å². The molecule has 3 aromatic rings.